The van der Waals surface area contributed by atoms with Gasteiger partial charge < -0.3 is 0 Å². The lowest BCUT2D eigenvalue weighted by Crippen LogP contribution is -2.14. The average molecular weight is 294 g/mol. The molecule has 1 aliphatic carbocycles. The summed E-state index contributed by atoms with van der Waals surface area (Å²) in [7, 11) is 0. The molecular weight excluding hydrogens is 272 g/mol. The molecule has 0 atom stereocenters. The molecule has 1 saturated carbocycles. The zero-order valence-electron chi connectivity index (χ0n) is 13.2. The van der Waals surface area contributed by atoms with E-state index >= 15 is 0 Å². The molecule has 22 heavy (non-hydrogen) atoms. The summed E-state index contributed by atoms with van der Waals surface area (Å²) in [6.45, 7) is 3.94. The zero-order chi connectivity index (χ0) is 15.4. The van der Waals surface area contributed by atoms with Crippen LogP contribution >= 0.6 is 0 Å². The van der Waals surface area contributed by atoms with Crippen LogP contribution in [0.25, 0.3) is 0 Å². The van der Waals surface area contributed by atoms with Gasteiger partial charge in [0, 0.05) is 17.1 Å². The lowest BCUT2D eigenvalue weighted by molar-refractivity contribution is 0.566. The summed E-state index contributed by atoms with van der Waals surface area (Å²) in [6.07, 6.45) is 4.41. The summed E-state index contributed by atoms with van der Waals surface area (Å²) in [5, 5.41) is 4.51. The van der Waals surface area contributed by atoms with Crippen molar-refractivity contribution in [1.82, 2.24) is 9.97 Å². The maximum atomic E-state index is 4.51. The van der Waals surface area contributed by atoms with Gasteiger partial charge in [-0.15, -0.1) is 0 Å². The van der Waals surface area contributed by atoms with Crippen LogP contribution in [0.2, 0.25) is 0 Å². The first kappa shape index (κ1) is 14.7. The number of nitrogens with one attached hydrogen (secondary N) is 1. The number of rotatable bonds is 3. The predicted octanol–water partition coefficient (Wildman–Crippen LogP) is 4.22. The van der Waals surface area contributed by atoms with E-state index in [1.54, 1.807) is 0 Å². The molecule has 0 spiro atoms. The first-order chi connectivity index (χ1) is 10.7. The number of aryl methyl sites for hydroxylation is 2. The highest BCUT2D eigenvalue weighted by Gasteiger charge is 2.19. The third-order valence-corrected chi connectivity index (χ3v) is 4.13. The van der Waals surface area contributed by atoms with Gasteiger partial charge in [-0.1, -0.05) is 30.3 Å². The molecule has 4 heteroatoms. The lowest BCUT2D eigenvalue weighted by atomic mass is 9.83. The Kier molecular flexibility index (Phi) is 4.47. The van der Waals surface area contributed by atoms with Crippen LogP contribution in [0.1, 0.15) is 48.6 Å². The van der Waals surface area contributed by atoms with Crippen molar-refractivity contribution in [2.24, 2.45) is 5.10 Å². The molecule has 0 unspecified atom stereocenters. The Morgan fingerprint density at radius 3 is 2.27 bits per heavy atom. The molecule has 1 fully saturated rings. The van der Waals surface area contributed by atoms with Crippen molar-refractivity contribution in [2.75, 3.05) is 5.43 Å². The van der Waals surface area contributed by atoms with Crippen LogP contribution in [0.5, 0.6) is 0 Å². The second-order valence-electron chi connectivity index (χ2n) is 5.95. The molecule has 0 radical (unpaired) electrons. The second kappa shape index (κ2) is 6.69. The molecule has 1 aromatic carbocycles. The Balaban J connectivity index is 1.59. The van der Waals surface area contributed by atoms with E-state index in [0.717, 1.165) is 37.1 Å². The van der Waals surface area contributed by atoms with Gasteiger partial charge in [-0.2, -0.15) is 5.10 Å². The van der Waals surface area contributed by atoms with Gasteiger partial charge in [-0.25, -0.2) is 15.4 Å². The van der Waals surface area contributed by atoms with Gasteiger partial charge >= 0.3 is 0 Å². The van der Waals surface area contributed by atoms with Crippen LogP contribution in [0.15, 0.2) is 41.5 Å². The van der Waals surface area contributed by atoms with Crippen molar-refractivity contribution in [3.63, 3.8) is 0 Å². The van der Waals surface area contributed by atoms with Crippen LogP contribution in [-0.4, -0.2) is 15.7 Å². The highest BCUT2D eigenvalue weighted by Crippen LogP contribution is 2.31. The summed E-state index contributed by atoms with van der Waals surface area (Å²) in [5.41, 5.74) is 7.61. The standard InChI is InChI=1S/C18H22N4/c1-13-12-14(2)20-18(19-13)22-21-17-10-8-16(9-11-17)15-6-4-3-5-7-15/h3-7,12,16H,8-11H2,1-2H3,(H,19,20,22). The number of hydrazone groups is 1. The summed E-state index contributed by atoms with van der Waals surface area (Å²) >= 11 is 0. The van der Waals surface area contributed by atoms with E-state index in [9.17, 15) is 0 Å². The monoisotopic (exact) mass is 294 g/mol. The summed E-state index contributed by atoms with van der Waals surface area (Å²) < 4.78 is 0. The van der Waals surface area contributed by atoms with Crippen LogP contribution in [0.3, 0.4) is 0 Å². The average Bonchev–Trinajstić information content (AvgIpc) is 2.53. The molecule has 0 amide bonds. The second-order valence-corrected chi connectivity index (χ2v) is 5.95. The molecule has 114 valence electrons. The highest BCUT2D eigenvalue weighted by molar-refractivity contribution is 5.85. The number of hydrogen-bond donors (Lipinski definition) is 1. The maximum absolute atomic E-state index is 4.51. The summed E-state index contributed by atoms with van der Waals surface area (Å²) in [6, 6.07) is 12.7. The van der Waals surface area contributed by atoms with Crippen LogP contribution in [-0.2, 0) is 0 Å². The van der Waals surface area contributed by atoms with Crippen molar-refractivity contribution in [3.8, 4) is 0 Å². The number of aromatic nitrogens is 2. The minimum Gasteiger partial charge on any atom is -0.245 e. The molecule has 1 N–H and O–H groups in total. The Labute approximate surface area is 131 Å². The zero-order valence-corrected chi connectivity index (χ0v) is 13.2. The van der Waals surface area contributed by atoms with Crippen molar-refractivity contribution in [2.45, 2.75) is 45.4 Å². The molecule has 1 aromatic heterocycles. The maximum Gasteiger partial charge on any atom is 0.243 e. The largest absolute Gasteiger partial charge is 0.245 e. The molecule has 2 aromatic rings. The van der Waals surface area contributed by atoms with Gasteiger partial charge in [0.1, 0.15) is 0 Å². The van der Waals surface area contributed by atoms with Gasteiger partial charge in [0.15, 0.2) is 0 Å². The smallest absolute Gasteiger partial charge is 0.243 e. The molecule has 0 saturated heterocycles. The normalized spacial score (nSPS) is 18.1. The number of hydrogen-bond acceptors (Lipinski definition) is 4. The minimum absolute atomic E-state index is 0.593. The molecule has 3 rings (SSSR count). The first-order valence-corrected chi connectivity index (χ1v) is 7.89. The number of nitrogens with zero attached hydrogens (tertiary/aromatic N) is 3. The predicted molar refractivity (Wildman–Crippen MR) is 90.2 cm³/mol. The fourth-order valence-electron chi connectivity index (χ4n) is 3.03. The van der Waals surface area contributed by atoms with E-state index in [4.69, 9.17) is 0 Å². The van der Waals surface area contributed by atoms with Gasteiger partial charge in [0.05, 0.1) is 0 Å². The van der Waals surface area contributed by atoms with Crippen molar-refractivity contribution < 1.29 is 0 Å². The SMILES string of the molecule is Cc1cc(C)nc(NN=C2CCC(c3ccccc3)CC2)n1. The van der Waals surface area contributed by atoms with E-state index in [1.807, 2.05) is 19.9 Å². The molecule has 4 nitrogen and oxygen atoms in total. The molecule has 1 aliphatic rings. The summed E-state index contributed by atoms with van der Waals surface area (Å²) in [5.74, 6) is 1.26. The van der Waals surface area contributed by atoms with Gasteiger partial charge in [-0.3, -0.25) is 0 Å². The highest BCUT2D eigenvalue weighted by atomic mass is 15.4. The lowest BCUT2D eigenvalue weighted by Gasteiger charge is -2.23. The van der Waals surface area contributed by atoms with Crippen molar-refractivity contribution in [1.29, 1.82) is 0 Å². The molecular formula is C18H22N4. The summed E-state index contributed by atoms with van der Waals surface area (Å²) in [4.78, 5) is 8.70. The molecule has 1 heterocycles. The van der Waals surface area contributed by atoms with E-state index in [-0.39, 0.29) is 0 Å². The van der Waals surface area contributed by atoms with Crippen LogP contribution in [0.4, 0.5) is 5.95 Å². The fraction of sp³-hybridized carbons (Fsp3) is 0.389. The van der Waals surface area contributed by atoms with Gasteiger partial charge in [0.25, 0.3) is 0 Å². The third kappa shape index (κ3) is 3.70. The van der Waals surface area contributed by atoms with Crippen LogP contribution in [0, 0.1) is 13.8 Å². The van der Waals surface area contributed by atoms with E-state index < -0.39 is 0 Å². The Bertz CT molecular complexity index is 634. The Morgan fingerprint density at radius 1 is 1.00 bits per heavy atom. The van der Waals surface area contributed by atoms with E-state index in [2.05, 4.69) is 50.8 Å². The molecule has 0 bridgehead atoms. The quantitative estimate of drug-likeness (QED) is 0.862. The first-order valence-electron chi connectivity index (χ1n) is 7.89. The third-order valence-electron chi connectivity index (χ3n) is 4.13. The van der Waals surface area contributed by atoms with E-state index in [1.165, 1.54) is 11.3 Å². The topological polar surface area (TPSA) is 50.2 Å². The molecule has 0 aliphatic heterocycles. The van der Waals surface area contributed by atoms with Gasteiger partial charge in [0.2, 0.25) is 5.95 Å². The Hall–Kier alpha value is -2.23. The number of anilines is 1. The van der Waals surface area contributed by atoms with Crippen molar-refractivity contribution >= 4 is 11.7 Å². The number of benzene rings is 1. The van der Waals surface area contributed by atoms with Crippen LogP contribution < -0.4 is 5.43 Å². The van der Waals surface area contributed by atoms with E-state index in [0.29, 0.717) is 11.9 Å². The fourth-order valence-corrected chi connectivity index (χ4v) is 3.03. The Morgan fingerprint density at radius 2 is 1.64 bits per heavy atom. The minimum atomic E-state index is 0.593. The van der Waals surface area contributed by atoms with Crippen molar-refractivity contribution in [3.05, 3.63) is 53.3 Å². The van der Waals surface area contributed by atoms with Gasteiger partial charge in [-0.05, 0) is 57.1 Å².